The molecule has 0 saturated heterocycles. The number of imidazole rings is 1. The molecule has 34 heavy (non-hydrogen) atoms. The van der Waals surface area contributed by atoms with Gasteiger partial charge in [0.2, 0.25) is 5.88 Å². The van der Waals surface area contributed by atoms with Crippen molar-refractivity contribution in [2.75, 3.05) is 37.4 Å². The molecule has 1 aromatic carbocycles. The van der Waals surface area contributed by atoms with Gasteiger partial charge in [-0.25, -0.2) is 17.8 Å². The molecule has 4 rings (SSSR count). The summed E-state index contributed by atoms with van der Waals surface area (Å²) >= 11 is 0. The highest BCUT2D eigenvalue weighted by Crippen LogP contribution is 2.36. The fourth-order valence-electron chi connectivity index (χ4n) is 3.33. The van der Waals surface area contributed by atoms with Crippen LogP contribution in [0, 0.1) is 5.82 Å². The Labute approximate surface area is 194 Å². The Balaban J connectivity index is 1.83. The van der Waals surface area contributed by atoms with E-state index in [1.54, 1.807) is 18.5 Å². The molecule has 0 aliphatic rings. The molecule has 0 aliphatic heterocycles. The SMILES string of the molecule is CNc1nc(OCCO)cn2c(-c3cc(F)c(OC)c(NS(=O)(=O)c4cnn(C)c4)c3)cnc12. The molecule has 14 heteroatoms. The maximum Gasteiger partial charge on any atom is 0.265 e. The maximum atomic E-state index is 15.0. The second kappa shape index (κ2) is 9.15. The fraction of sp³-hybridized carbons (Fsp3) is 0.250. The molecule has 0 atom stereocenters. The normalized spacial score (nSPS) is 11.6. The monoisotopic (exact) mass is 491 g/mol. The molecule has 0 bridgehead atoms. The van der Waals surface area contributed by atoms with Crippen molar-refractivity contribution in [1.29, 1.82) is 0 Å². The highest BCUT2D eigenvalue weighted by molar-refractivity contribution is 7.92. The third-order valence-electron chi connectivity index (χ3n) is 4.83. The van der Waals surface area contributed by atoms with Gasteiger partial charge < -0.3 is 19.9 Å². The first kappa shape index (κ1) is 23.3. The summed E-state index contributed by atoms with van der Waals surface area (Å²) in [5, 5.41) is 15.8. The smallest absolute Gasteiger partial charge is 0.265 e. The van der Waals surface area contributed by atoms with Crippen LogP contribution in [0.1, 0.15) is 0 Å². The Morgan fingerprint density at radius 3 is 2.68 bits per heavy atom. The van der Waals surface area contributed by atoms with Crippen LogP contribution in [0.15, 0.2) is 41.8 Å². The maximum absolute atomic E-state index is 15.0. The summed E-state index contributed by atoms with van der Waals surface area (Å²) in [6, 6.07) is 2.64. The van der Waals surface area contributed by atoms with Crippen molar-refractivity contribution >= 4 is 27.2 Å². The van der Waals surface area contributed by atoms with Gasteiger partial charge in [-0.3, -0.25) is 13.8 Å². The minimum atomic E-state index is -4.06. The lowest BCUT2D eigenvalue weighted by molar-refractivity contribution is 0.196. The average molecular weight is 492 g/mol. The van der Waals surface area contributed by atoms with E-state index in [9.17, 15) is 12.8 Å². The van der Waals surface area contributed by atoms with Crippen LogP contribution in [-0.2, 0) is 17.1 Å². The molecule has 0 spiro atoms. The number of hydrogen-bond donors (Lipinski definition) is 3. The standard InChI is InChI=1S/C20H22FN7O5S/c1-22-19-20-23-9-16(28(20)11-17(25-19)33-5-4-29)12-6-14(21)18(32-3)15(7-12)26-34(30,31)13-8-24-27(2)10-13/h6-11,26,29H,4-5H2,1-3H3,(H,22,25). The van der Waals surface area contributed by atoms with E-state index in [2.05, 4.69) is 25.1 Å². The largest absolute Gasteiger partial charge is 0.492 e. The number of nitrogens with zero attached hydrogens (tertiary/aromatic N) is 5. The van der Waals surface area contributed by atoms with Crippen molar-refractivity contribution < 1.29 is 27.4 Å². The summed E-state index contributed by atoms with van der Waals surface area (Å²) in [4.78, 5) is 8.54. The van der Waals surface area contributed by atoms with Crippen LogP contribution >= 0.6 is 0 Å². The van der Waals surface area contributed by atoms with Gasteiger partial charge in [-0.15, -0.1) is 0 Å². The van der Waals surface area contributed by atoms with E-state index in [-0.39, 0.29) is 35.4 Å². The van der Waals surface area contributed by atoms with Crippen molar-refractivity contribution in [3.63, 3.8) is 0 Å². The van der Waals surface area contributed by atoms with Crippen LogP contribution in [0.25, 0.3) is 16.9 Å². The molecular weight excluding hydrogens is 469 g/mol. The zero-order chi connectivity index (χ0) is 24.5. The number of aryl methyl sites for hydroxylation is 1. The molecule has 12 nitrogen and oxygen atoms in total. The highest BCUT2D eigenvalue weighted by Gasteiger charge is 2.22. The molecule has 0 saturated carbocycles. The van der Waals surface area contributed by atoms with Gasteiger partial charge in [0.15, 0.2) is 23.0 Å². The van der Waals surface area contributed by atoms with Gasteiger partial charge in [0.05, 0.1) is 43.7 Å². The molecule has 3 aromatic heterocycles. The van der Waals surface area contributed by atoms with Crippen LogP contribution in [-0.4, -0.2) is 65.0 Å². The zero-order valence-corrected chi connectivity index (χ0v) is 19.3. The van der Waals surface area contributed by atoms with E-state index in [1.165, 1.54) is 48.7 Å². The number of benzene rings is 1. The van der Waals surface area contributed by atoms with Gasteiger partial charge in [0.1, 0.15) is 11.5 Å². The Morgan fingerprint density at radius 1 is 1.24 bits per heavy atom. The third kappa shape index (κ3) is 4.32. The number of aliphatic hydroxyl groups excluding tert-OH is 1. The lowest BCUT2D eigenvalue weighted by atomic mass is 10.1. The van der Waals surface area contributed by atoms with E-state index in [4.69, 9.17) is 14.6 Å². The zero-order valence-electron chi connectivity index (χ0n) is 18.5. The Kier molecular flexibility index (Phi) is 6.26. The molecule has 0 amide bonds. The minimum Gasteiger partial charge on any atom is -0.492 e. The first-order chi connectivity index (χ1) is 16.3. The van der Waals surface area contributed by atoms with Gasteiger partial charge in [0, 0.05) is 25.9 Å². The number of fused-ring (bicyclic) bond motifs is 1. The number of hydrogen-bond acceptors (Lipinski definition) is 9. The van der Waals surface area contributed by atoms with E-state index in [1.807, 2.05) is 0 Å². The molecule has 180 valence electrons. The average Bonchev–Trinajstić information content (AvgIpc) is 3.43. The molecule has 0 aliphatic carbocycles. The van der Waals surface area contributed by atoms with E-state index in [0.29, 0.717) is 22.7 Å². The quantitative estimate of drug-likeness (QED) is 0.317. The number of aromatic nitrogens is 5. The molecular formula is C20H22FN7O5S. The number of anilines is 2. The summed E-state index contributed by atoms with van der Waals surface area (Å²) in [5.74, 6) is -0.446. The van der Waals surface area contributed by atoms with E-state index >= 15 is 0 Å². The van der Waals surface area contributed by atoms with Gasteiger partial charge in [-0.05, 0) is 12.1 Å². The Hall–Kier alpha value is -3.91. The summed E-state index contributed by atoms with van der Waals surface area (Å²) in [6.07, 6.45) is 5.53. The first-order valence-electron chi connectivity index (χ1n) is 9.96. The second-order valence-corrected chi connectivity index (χ2v) is 8.76. The van der Waals surface area contributed by atoms with Crippen LogP contribution in [0.3, 0.4) is 0 Å². The lowest BCUT2D eigenvalue weighted by Crippen LogP contribution is -2.13. The lowest BCUT2D eigenvalue weighted by Gasteiger charge is -2.14. The number of sulfonamides is 1. The summed E-state index contributed by atoms with van der Waals surface area (Å²) in [7, 11) is 0.415. The van der Waals surface area contributed by atoms with Crippen LogP contribution < -0.4 is 19.5 Å². The Bertz CT molecular complexity index is 1450. The topological polar surface area (TPSA) is 145 Å². The Morgan fingerprint density at radius 2 is 2.03 bits per heavy atom. The van der Waals surface area contributed by atoms with Gasteiger partial charge in [0.25, 0.3) is 10.0 Å². The van der Waals surface area contributed by atoms with Crippen LogP contribution in [0.2, 0.25) is 0 Å². The fourth-order valence-corrected chi connectivity index (χ4v) is 4.37. The van der Waals surface area contributed by atoms with Gasteiger partial charge in [-0.1, -0.05) is 0 Å². The molecule has 0 radical (unpaired) electrons. The van der Waals surface area contributed by atoms with Crippen molar-refractivity contribution in [2.24, 2.45) is 7.05 Å². The number of halogens is 1. The molecule has 3 N–H and O–H groups in total. The molecule has 4 aromatic rings. The number of aliphatic hydroxyl groups is 1. The van der Waals surface area contributed by atoms with Crippen LogP contribution in [0.5, 0.6) is 11.6 Å². The number of rotatable bonds is 9. The van der Waals surface area contributed by atoms with Crippen LogP contribution in [0.4, 0.5) is 15.9 Å². The van der Waals surface area contributed by atoms with Gasteiger partial charge >= 0.3 is 0 Å². The molecule has 0 unspecified atom stereocenters. The summed E-state index contributed by atoms with van der Waals surface area (Å²) in [6.45, 7) is -0.168. The third-order valence-corrected chi connectivity index (χ3v) is 6.15. The predicted molar refractivity (Wildman–Crippen MR) is 121 cm³/mol. The van der Waals surface area contributed by atoms with Crippen molar-refractivity contribution in [3.8, 4) is 22.9 Å². The van der Waals surface area contributed by atoms with Crippen molar-refractivity contribution in [3.05, 3.63) is 42.7 Å². The van der Waals surface area contributed by atoms with E-state index < -0.39 is 15.8 Å². The van der Waals surface area contributed by atoms with Crippen molar-refractivity contribution in [1.82, 2.24) is 24.1 Å². The molecule has 3 heterocycles. The highest BCUT2D eigenvalue weighted by atomic mass is 32.2. The second-order valence-electron chi connectivity index (χ2n) is 7.08. The summed E-state index contributed by atoms with van der Waals surface area (Å²) in [5.41, 5.74) is 1.08. The summed E-state index contributed by atoms with van der Waals surface area (Å²) < 4.78 is 56.5. The van der Waals surface area contributed by atoms with Gasteiger partial charge in [-0.2, -0.15) is 10.1 Å². The van der Waals surface area contributed by atoms with E-state index in [0.717, 1.165) is 0 Å². The first-order valence-corrected chi connectivity index (χ1v) is 11.4. The number of nitrogens with one attached hydrogen (secondary N) is 2. The molecule has 0 fully saturated rings. The minimum absolute atomic E-state index is 0.0309. The number of methoxy groups -OCH3 is 1. The number of ether oxygens (including phenoxy) is 2. The van der Waals surface area contributed by atoms with Crippen molar-refractivity contribution in [2.45, 2.75) is 4.90 Å². The predicted octanol–water partition coefficient (Wildman–Crippen LogP) is 1.49.